The van der Waals surface area contributed by atoms with Gasteiger partial charge >= 0.3 is 11.9 Å². The normalized spacial score (nSPS) is 11.5. The zero-order valence-corrected chi connectivity index (χ0v) is 13.2. The van der Waals surface area contributed by atoms with Gasteiger partial charge in [0.1, 0.15) is 18.8 Å². The third-order valence-corrected chi connectivity index (χ3v) is 3.35. The molecule has 0 aliphatic carbocycles. The number of carbonyl (C=O) groups is 2. The Morgan fingerprint density at radius 2 is 1.75 bits per heavy atom. The van der Waals surface area contributed by atoms with Crippen molar-refractivity contribution in [2.45, 2.75) is 6.54 Å². The third kappa shape index (κ3) is 4.12. The average Bonchev–Trinajstić information content (AvgIpc) is 2.94. The molecule has 128 valence electrons. The molecule has 0 saturated heterocycles. The first-order valence-corrected chi connectivity index (χ1v) is 7.05. The molecule has 0 aromatic carbocycles. The highest BCUT2D eigenvalue weighted by molar-refractivity contribution is 5.90. The lowest BCUT2D eigenvalue weighted by molar-refractivity contribution is -0.904. The molecular weight excluding hydrogens is 318 g/mol. The van der Waals surface area contributed by atoms with E-state index in [1.807, 2.05) is 14.1 Å². The van der Waals surface area contributed by atoms with Gasteiger partial charge in [0.05, 0.1) is 32.6 Å². The van der Waals surface area contributed by atoms with Crippen molar-refractivity contribution in [1.29, 1.82) is 0 Å². The number of aliphatic hydroxyl groups is 1. The molecule has 0 spiro atoms. The Balaban J connectivity index is 2.35. The molecular formula is C14H18N5O5+. The zero-order chi connectivity index (χ0) is 17.9. The number of hydrogen-bond acceptors (Lipinski definition) is 6. The standard InChI is InChI=1S/C14H17N5O5/c1-19(2,3-4-20)8-9-7-18(17-16-9)10-5-11(13(21)22)15-12(6-10)14(23)24/h5-7,20H,3-4,8H2,1-2H3,(H-,21,22,23,24)/p+1. The molecule has 0 atom stereocenters. The predicted molar refractivity (Wildman–Crippen MR) is 80.8 cm³/mol. The molecule has 0 amide bonds. The van der Waals surface area contributed by atoms with Gasteiger partial charge < -0.3 is 19.8 Å². The van der Waals surface area contributed by atoms with Gasteiger partial charge in [0.15, 0.2) is 11.4 Å². The van der Waals surface area contributed by atoms with Gasteiger partial charge in [0.25, 0.3) is 0 Å². The van der Waals surface area contributed by atoms with E-state index in [2.05, 4.69) is 15.3 Å². The van der Waals surface area contributed by atoms with Crippen LogP contribution in [0, 0.1) is 0 Å². The largest absolute Gasteiger partial charge is 0.477 e. The van der Waals surface area contributed by atoms with Crippen molar-refractivity contribution >= 4 is 11.9 Å². The van der Waals surface area contributed by atoms with Crippen LogP contribution < -0.4 is 0 Å². The Bertz CT molecular complexity index is 738. The number of pyridine rings is 1. The van der Waals surface area contributed by atoms with E-state index in [9.17, 15) is 9.59 Å². The van der Waals surface area contributed by atoms with E-state index in [1.54, 1.807) is 6.20 Å². The van der Waals surface area contributed by atoms with Gasteiger partial charge in [-0.1, -0.05) is 5.21 Å². The van der Waals surface area contributed by atoms with E-state index in [-0.39, 0.29) is 12.3 Å². The van der Waals surface area contributed by atoms with Crippen molar-refractivity contribution in [2.75, 3.05) is 27.2 Å². The number of quaternary nitrogens is 1. The van der Waals surface area contributed by atoms with Crippen LogP contribution in [0.15, 0.2) is 18.3 Å². The summed E-state index contributed by atoms with van der Waals surface area (Å²) in [6, 6.07) is 2.45. The molecule has 0 unspecified atom stereocenters. The molecule has 2 heterocycles. The maximum atomic E-state index is 11.1. The van der Waals surface area contributed by atoms with Gasteiger partial charge in [-0.2, -0.15) is 0 Å². The molecule has 2 rings (SSSR count). The number of hydrogen-bond donors (Lipinski definition) is 3. The minimum absolute atomic E-state index is 0.0371. The molecule has 10 heteroatoms. The van der Waals surface area contributed by atoms with Gasteiger partial charge in [0, 0.05) is 0 Å². The van der Waals surface area contributed by atoms with E-state index in [1.165, 1.54) is 16.8 Å². The second-order valence-corrected chi connectivity index (χ2v) is 5.90. The fourth-order valence-electron chi connectivity index (χ4n) is 2.15. The molecule has 3 N–H and O–H groups in total. The Kier molecular flexibility index (Phi) is 4.90. The summed E-state index contributed by atoms with van der Waals surface area (Å²) >= 11 is 0. The van der Waals surface area contributed by atoms with E-state index in [0.717, 1.165) is 0 Å². The fraction of sp³-hybridized carbons (Fsp3) is 0.357. The lowest BCUT2D eigenvalue weighted by atomic mass is 10.2. The smallest absolute Gasteiger partial charge is 0.354 e. The van der Waals surface area contributed by atoms with E-state index in [0.29, 0.717) is 23.3 Å². The van der Waals surface area contributed by atoms with Crippen molar-refractivity contribution in [3.8, 4) is 5.69 Å². The lowest BCUT2D eigenvalue weighted by Gasteiger charge is -2.27. The maximum absolute atomic E-state index is 11.1. The number of nitrogens with zero attached hydrogens (tertiary/aromatic N) is 5. The first-order valence-electron chi connectivity index (χ1n) is 7.05. The van der Waals surface area contributed by atoms with Crippen LogP contribution in [-0.2, 0) is 6.54 Å². The van der Waals surface area contributed by atoms with Crippen LogP contribution in [0.2, 0.25) is 0 Å². The molecule has 0 aliphatic rings. The Labute approximate surface area is 137 Å². The summed E-state index contributed by atoms with van der Waals surface area (Å²) < 4.78 is 1.79. The molecule has 0 aliphatic heterocycles. The summed E-state index contributed by atoms with van der Waals surface area (Å²) in [5.41, 5.74) is 0.0849. The summed E-state index contributed by atoms with van der Waals surface area (Å²) in [5, 5.41) is 35.1. The fourth-order valence-corrected chi connectivity index (χ4v) is 2.15. The van der Waals surface area contributed by atoms with Crippen LogP contribution in [0.25, 0.3) is 5.69 Å². The Hall–Kier alpha value is -2.85. The highest BCUT2D eigenvalue weighted by Crippen LogP contribution is 2.13. The minimum atomic E-state index is -1.33. The Morgan fingerprint density at radius 1 is 1.17 bits per heavy atom. The first kappa shape index (κ1) is 17.5. The summed E-state index contributed by atoms with van der Waals surface area (Å²) in [6.45, 7) is 1.08. The van der Waals surface area contributed by atoms with Gasteiger partial charge in [-0.25, -0.2) is 19.3 Å². The summed E-state index contributed by atoms with van der Waals surface area (Å²) in [5.74, 6) is -2.67. The monoisotopic (exact) mass is 336 g/mol. The van der Waals surface area contributed by atoms with Crippen LogP contribution >= 0.6 is 0 Å². The van der Waals surface area contributed by atoms with Crippen LogP contribution in [0.5, 0.6) is 0 Å². The summed E-state index contributed by atoms with van der Waals surface area (Å²) in [6.07, 6.45) is 1.59. The second-order valence-electron chi connectivity index (χ2n) is 5.90. The van der Waals surface area contributed by atoms with E-state index >= 15 is 0 Å². The molecule has 0 fully saturated rings. The Morgan fingerprint density at radius 3 is 2.25 bits per heavy atom. The molecule has 2 aromatic heterocycles. The SMILES string of the molecule is C[N+](C)(CCO)Cc1cn(-c2cc(C(=O)O)nc(C(=O)O)c2)nn1. The van der Waals surface area contributed by atoms with E-state index in [4.69, 9.17) is 15.3 Å². The topological polar surface area (TPSA) is 138 Å². The van der Waals surface area contributed by atoms with Crippen LogP contribution in [-0.4, -0.2) is 79.0 Å². The van der Waals surface area contributed by atoms with Crippen LogP contribution in [0.4, 0.5) is 0 Å². The number of carboxylic acid groups (broad SMARTS) is 2. The molecule has 0 radical (unpaired) electrons. The second kappa shape index (κ2) is 6.72. The molecule has 0 bridgehead atoms. The van der Waals surface area contributed by atoms with Gasteiger partial charge in [-0.15, -0.1) is 5.10 Å². The maximum Gasteiger partial charge on any atom is 0.354 e. The number of carboxylic acids is 2. The zero-order valence-electron chi connectivity index (χ0n) is 13.2. The summed E-state index contributed by atoms with van der Waals surface area (Å²) in [7, 11) is 3.85. The van der Waals surface area contributed by atoms with Crippen molar-refractivity contribution in [3.63, 3.8) is 0 Å². The number of rotatable bonds is 7. The van der Waals surface area contributed by atoms with Gasteiger partial charge in [0.2, 0.25) is 0 Å². The van der Waals surface area contributed by atoms with Crippen molar-refractivity contribution < 1.29 is 29.4 Å². The minimum Gasteiger partial charge on any atom is -0.477 e. The number of aromatic carboxylic acids is 2. The van der Waals surface area contributed by atoms with Crippen molar-refractivity contribution in [3.05, 3.63) is 35.4 Å². The summed E-state index contributed by atoms with van der Waals surface area (Å²) in [4.78, 5) is 25.8. The number of likely N-dealkylation sites (N-methyl/N-ethyl adjacent to an activating group) is 1. The predicted octanol–water partition coefficient (Wildman–Crippen LogP) is -0.373. The first-order chi connectivity index (χ1) is 11.2. The van der Waals surface area contributed by atoms with Gasteiger partial charge in [-0.05, 0) is 12.1 Å². The highest BCUT2D eigenvalue weighted by Gasteiger charge is 2.19. The molecule has 10 nitrogen and oxygen atoms in total. The molecule has 2 aromatic rings. The molecule has 24 heavy (non-hydrogen) atoms. The molecule has 0 saturated carbocycles. The quantitative estimate of drug-likeness (QED) is 0.582. The number of aliphatic hydroxyl groups excluding tert-OH is 1. The van der Waals surface area contributed by atoms with Gasteiger partial charge in [-0.3, -0.25) is 0 Å². The highest BCUT2D eigenvalue weighted by atomic mass is 16.4. The number of aromatic nitrogens is 4. The van der Waals surface area contributed by atoms with E-state index < -0.39 is 23.3 Å². The lowest BCUT2D eigenvalue weighted by Crippen LogP contribution is -2.41. The van der Waals surface area contributed by atoms with Crippen molar-refractivity contribution in [2.24, 2.45) is 0 Å². The van der Waals surface area contributed by atoms with Crippen molar-refractivity contribution in [1.82, 2.24) is 20.0 Å². The van der Waals surface area contributed by atoms with Crippen LogP contribution in [0.1, 0.15) is 26.7 Å². The average molecular weight is 336 g/mol. The third-order valence-electron chi connectivity index (χ3n) is 3.35. The van der Waals surface area contributed by atoms with Crippen LogP contribution in [0.3, 0.4) is 0 Å².